The van der Waals surface area contributed by atoms with Crippen LogP contribution in [0.2, 0.25) is 0 Å². The molecule has 1 aliphatic carbocycles. The van der Waals surface area contributed by atoms with Crippen molar-refractivity contribution in [3.8, 4) is 0 Å². The van der Waals surface area contributed by atoms with Gasteiger partial charge in [0.15, 0.2) is 0 Å². The van der Waals surface area contributed by atoms with E-state index in [4.69, 9.17) is 0 Å². The first-order chi connectivity index (χ1) is 20.5. The number of aryl methyl sites for hydroxylation is 1. The molecule has 3 amide bonds. The maximum atomic E-state index is 14.4. The molecule has 0 unspecified atom stereocenters. The predicted octanol–water partition coefficient (Wildman–Crippen LogP) is 6.20. The van der Waals surface area contributed by atoms with Gasteiger partial charge in [-0.05, 0) is 54.0 Å². The van der Waals surface area contributed by atoms with Crippen LogP contribution in [0.5, 0.6) is 0 Å². The summed E-state index contributed by atoms with van der Waals surface area (Å²) in [5.41, 5.74) is 4.36. The monoisotopic (exact) mass is 559 g/mol. The molecule has 0 spiro atoms. The number of amides is 3. The number of hydrogen-bond donors (Lipinski definition) is 1. The number of carbonyl (C=O) groups is 3. The Morgan fingerprint density at radius 3 is 2.36 bits per heavy atom. The first-order valence-electron chi connectivity index (χ1n) is 15.0. The van der Waals surface area contributed by atoms with Crippen molar-refractivity contribution in [3.05, 3.63) is 113 Å². The molecular weight excluding hydrogens is 522 g/mol. The maximum Gasteiger partial charge on any atom is 0.259 e. The van der Waals surface area contributed by atoms with Crippen LogP contribution >= 0.6 is 0 Å². The van der Waals surface area contributed by atoms with E-state index in [1.807, 2.05) is 97.9 Å². The Morgan fingerprint density at radius 1 is 0.881 bits per heavy atom. The van der Waals surface area contributed by atoms with Crippen LogP contribution in [-0.2, 0) is 22.6 Å². The molecule has 6 nitrogen and oxygen atoms in total. The molecule has 0 bridgehead atoms. The summed E-state index contributed by atoms with van der Waals surface area (Å²) < 4.78 is 0. The van der Waals surface area contributed by atoms with E-state index in [0.29, 0.717) is 12.0 Å². The van der Waals surface area contributed by atoms with Crippen molar-refractivity contribution in [3.63, 3.8) is 0 Å². The average molecular weight is 560 g/mol. The number of nitrogens with zero attached hydrogens (tertiary/aromatic N) is 2. The van der Waals surface area contributed by atoms with Gasteiger partial charge < -0.3 is 10.2 Å². The molecule has 1 N–H and O–H groups in total. The van der Waals surface area contributed by atoms with E-state index in [1.165, 1.54) is 6.42 Å². The zero-order valence-corrected chi connectivity index (χ0v) is 24.1. The average Bonchev–Trinajstić information content (AvgIpc) is 3.28. The Bertz CT molecular complexity index is 1600. The minimum atomic E-state index is -0.725. The third kappa shape index (κ3) is 5.67. The summed E-state index contributed by atoms with van der Waals surface area (Å²) in [5, 5.41) is 5.14. The lowest BCUT2D eigenvalue weighted by Gasteiger charge is -2.34. The van der Waals surface area contributed by atoms with Gasteiger partial charge in [-0.2, -0.15) is 0 Å². The molecule has 0 aromatic heterocycles. The van der Waals surface area contributed by atoms with Crippen LogP contribution in [0, 0.1) is 6.92 Å². The fourth-order valence-corrected chi connectivity index (χ4v) is 6.43. The molecule has 0 saturated heterocycles. The molecule has 4 aromatic rings. The highest BCUT2D eigenvalue weighted by Crippen LogP contribution is 2.37. The van der Waals surface area contributed by atoms with Crippen molar-refractivity contribution in [1.29, 1.82) is 0 Å². The molecule has 214 valence electrons. The third-order valence-corrected chi connectivity index (χ3v) is 8.77. The lowest BCUT2D eigenvalue weighted by molar-refractivity contribution is -0.140. The molecule has 1 fully saturated rings. The lowest BCUT2D eigenvalue weighted by atomic mass is 9.94. The number of nitrogens with one attached hydrogen (secondary N) is 1. The van der Waals surface area contributed by atoms with Crippen LogP contribution < -0.4 is 10.2 Å². The fourth-order valence-electron chi connectivity index (χ4n) is 6.43. The Labute approximate surface area is 247 Å². The van der Waals surface area contributed by atoms with Gasteiger partial charge in [0.05, 0.1) is 5.69 Å². The largest absolute Gasteiger partial charge is 0.352 e. The summed E-state index contributed by atoms with van der Waals surface area (Å²) in [6.45, 7) is 2.16. The second kappa shape index (κ2) is 12.2. The topological polar surface area (TPSA) is 69.7 Å². The zero-order valence-electron chi connectivity index (χ0n) is 24.1. The molecule has 0 radical (unpaired) electrons. The van der Waals surface area contributed by atoms with Gasteiger partial charge in [-0.25, -0.2) is 0 Å². The van der Waals surface area contributed by atoms with Gasteiger partial charge in [0.2, 0.25) is 11.8 Å². The van der Waals surface area contributed by atoms with E-state index < -0.39 is 6.04 Å². The van der Waals surface area contributed by atoms with Crippen LogP contribution in [0.3, 0.4) is 0 Å². The van der Waals surface area contributed by atoms with Gasteiger partial charge >= 0.3 is 0 Å². The summed E-state index contributed by atoms with van der Waals surface area (Å²) in [5.74, 6) is -0.570. The minimum Gasteiger partial charge on any atom is -0.352 e. The Hall–Kier alpha value is -4.45. The van der Waals surface area contributed by atoms with Crippen molar-refractivity contribution >= 4 is 34.2 Å². The van der Waals surface area contributed by atoms with E-state index in [1.54, 1.807) is 9.80 Å². The molecule has 4 aromatic carbocycles. The molecule has 1 saturated carbocycles. The summed E-state index contributed by atoms with van der Waals surface area (Å²) >= 11 is 0. The second-order valence-electron chi connectivity index (χ2n) is 11.6. The number of rotatable bonds is 9. The Balaban J connectivity index is 1.35. The number of carbonyl (C=O) groups excluding carboxylic acids is 3. The van der Waals surface area contributed by atoms with E-state index >= 15 is 0 Å². The van der Waals surface area contributed by atoms with Crippen molar-refractivity contribution in [2.45, 2.75) is 64.1 Å². The van der Waals surface area contributed by atoms with Crippen LogP contribution in [-0.4, -0.2) is 41.2 Å². The molecule has 2 aliphatic rings. The summed E-state index contributed by atoms with van der Waals surface area (Å²) in [6.07, 6.45) is 5.70. The summed E-state index contributed by atoms with van der Waals surface area (Å²) in [4.78, 5) is 45.3. The van der Waals surface area contributed by atoms with Crippen molar-refractivity contribution < 1.29 is 14.4 Å². The molecule has 1 heterocycles. The normalized spacial score (nSPS) is 15.5. The molecule has 6 rings (SSSR count). The van der Waals surface area contributed by atoms with Gasteiger partial charge in [-0.15, -0.1) is 0 Å². The summed E-state index contributed by atoms with van der Waals surface area (Å²) in [6, 6.07) is 28.7. The SMILES string of the molecule is Cc1ccccc1CN(C(=O)CN1C(=O)c2cccc3cccc1c23)[C@@H](Cc1ccccc1)C(=O)NC1CCCCC1. The van der Waals surface area contributed by atoms with Crippen LogP contribution in [0.4, 0.5) is 5.69 Å². The van der Waals surface area contributed by atoms with E-state index in [2.05, 4.69) is 5.32 Å². The highest BCUT2D eigenvalue weighted by atomic mass is 16.2. The predicted molar refractivity (Wildman–Crippen MR) is 166 cm³/mol. The smallest absolute Gasteiger partial charge is 0.259 e. The quantitative estimate of drug-likeness (QED) is 0.266. The summed E-state index contributed by atoms with van der Waals surface area (Å²) in [7, 11) is 0. The van der Waals surface area contributed by atoms with Gasteiger partial charge in [-0.1, -0.05) is 98.1 Å². The van der Waals surface area contributed by atoms with Crippen LogP contribution in [0.15, 0.2) is 91.0 Å². The molecule has 6 heteroatoms. The minimum absolute atomic E-state index is 0.118. The Kier molecular flexibility index (Phi) is 8.04. The molecular formula is C36H37N3O3. The van der Waals surface area contributed by atoms with Crippen molar-refractivity contribution in [2.24, 2.45) is 0 Å². The lowest BCUT2D eigenvalue weighted by Crippen LogP contribution is -2.54. The zero-order chi connectivity index (χ0) is 29.1. The van der Waals surface area contributed by atoms with Gasteiger partial charge in [0, 0.05) is 30.0 Å². The molecule has 1 atom stereocenters. The molecule has 42 heavy (non-hydrogen) atoms. The standard InChI is InChI=1S/C36H37N3O3/c1-25-12-8-9-15-28(25)23-38(32(22-26-13-4-2-5-14-26)35(41)37-29-18-6-3-7-19-29)33(40)24-39-31-21-11-17-27-16-10-20-30(34(27)31)36(39)42/h2,4-5,8-17,20-21,29,32H,3,6-7,18-19,22-24H2,1H3,(H,37,41)/t32-/m0/s1. The van der Waals surface area contributed by atoms with Gasteiger partial charge in [0.25, 0.3) is 5.91 Å². The maximum absolute atomic E-state index is 14.4. The first-order valence-corrected chi connectivity index (χ1v) is 15.0. The van der Waals surface area contributed by atoms with Crippen LogP contribution in [0.25, 0.3) is 10.8 Å². The van der Waals surface area contributed by atoms with Gasteiger partial charge in [0.1, 0.15) is 12.6 Å². The van der Waals surface area contributed by atoms with Crippen molar-refractivity contribution in [2.75, 3.05) is 11.4 Å². The van der Waals surface area contributed by atoms with E-state index in [9.17, 15) is 14.4 Å². The molecule has 1 aliphatic heterocycles. The second-order valence-corrected chi connectivity index (χ2v) is 11.6. The fraction of sp³-hybridized carbons (Fsp3) is 0.306. The highest BCUT2D eigenvalue weighted by Gasteiger charge is 2.36. The third-order valence-electron chi connectivity index (χ3n) is 8.77. The van der Waals surface area contributed by atoms with E-state index in [0.717, 1.165) is 58.8 Å². The van der Waals surface area contributed by atoms with E-state index in [-0.39, 0.29) is 36.9 Å². The number of anilines is 1. The van der Waals surface area contributed by atoms with Crippen LogP contribution in [0.1, 0.15) is 59.2 Å². The van der Waals surface area contributed by atoms with Crippen molar-refractivity contribution in [1.82, 2.24) is 10.2 Å². The van der Waals surface area contributed by atoms with Gasteiger partial charge in [-0.3, -0.25) is 19.3 Å². The Morgan fingerprint density at radius 2 is 1.60 bits per heavy atom. The number of benzene rings is 4. The first kappa shape index (κ1) is 27.7. The highest BCUT2D eigenvalue weighted by molar-refractivity contribution is 6.26. The number of hydrogen-bond acceptors (Lipinski definition) is 3.